The number of hydrogen-bond donors (Lipinski definition) is 2. The topological polar surface area (TPSA) is 71.0 Å². The summed E-state index contributed by atoms with van der Waals surface area (Å²) in [4.78, 5) is 0. The average Bonchev–Trinajstić information content (AvgIpc) is 2.20. The zero-order valence-electron chi connectivity index (χ0n) is 9.03. The third kappa shape index (κ3) is 2.76. The van der Waals surface area contributed by atoms with Gasteiger partial charge < -0.3 is 15.7 Å². The molecule has 4 heteroatoms. The van der Waals surface area contributed by atoms with E-state index < -0.39 is 0 Å². The molecule has 2 N–H and O–H groups in total. The van der Waals surface area contributed by atoms with E-state index in [-0.39, 0.29) is 24.7 Å². The average molecular weight is 208 g/mol. The molecule has 1 aromatic heterocycles. The minimum absolute atomic E-state index is 0.153. The summed E-state index contributed by atoms with van der Waals surface area (Å²) < 4.78 is 0.856. The van der Waals surface area contributed by atoms with Crippen LogP contribution in [0.25, 0.3) is 0 Å². The standard InChI is InChI=1S/C11H16N2O2/c1-8(2)11-5-3-4-10(13(11)15)6-9(12)7-14/h3-5,8,12,14H,6-7H2,1-2H3. The zero-order valence-corrected chi connectivity index (χ0v) is 9.03. The molecule has 0 spiro atoms. The number of pyridine rings is 1. The van der Waals surface area contributed by atoms with Crippen molar-refractivity contribution >= 4 is 5.71 Å². The van der Waals surface area contributed by atoms with Crippen LogP contribution in [0, 0.1) is 10.6 Å². The van der Waals surface area contributed by atoms with Gasteiger partial charge in [0.2, 0.25) is 0 Å². The summed E-state index contributed by atoms with van der Waals surface area (Å²) in [7, 11) is 0. The summed E-state index contributed by atoms with van der Waals surface area (Å²) in [6, 6.07) is 5.27. The molecule has 1 aromatic rings. The predicted octanol–water partition coefficient (Wildman–Crippen LogP) is 0.998. The van der Waals surface area contributed by atoms with Gasteiger partial charge in [0, 0.05) is 23.8 Å². The number of aliphatic hydroxyl groups excluding tert-OH is 1. The van der Waals surface area contributed by atoms with Gasteiger partial charge in [-0.1, -0.05) is 13.8 Å². The van der Waals surface area contributed by atoms with Crippen LogP contribution in [0.3, 0.4) is 0 Å². The maximum Gasteiger partial charge on any atom is 0.198 e. The van der Waals surface area contributed by atoms with Crippen LogP contribution in [0.4, 0.5) is 0 Å². The van der Waals surface area contributed by atoms with Crippen LogP contribution < -0.4 is 4.73 Å². The van der Waals surface area contributed by atoms with Crippen molar-refractivity contribution < 1.29 is 9.84 Å². The lowest BCUT2D eigenvalue weighted by Crippen LogP contribution is -2.38. The van der Waals surface area contributed by atoms with Crippen LogP contribution in [0.15, 0.2) is 18.2 Å². The molecule has 0 fully saturated rings. The first-order valence-electron chi connectivity index (χ1n) is 4.94. The second-order valence-electron chi connectivity index (χ2n) is 3.83. The van der Waals surface area contributed by atoms with E-state index in [1.165, 1.54) is 0 Å². The quantitative estimate of drug-likeness (QED) is 0.440. The summed E-state index contributed by atoms with van der Waals surface area (Å²) in [5.74, 6) is 0.158. The molecule has 0 bridgehead atoms. The predicted molar refractivity (Wildman–Crippen MR) is 58.0 cm³/mol. The number of rotatable bonds is 4. The molecule has 1 heterocycles. The van der Waals surface area contributed by atoms with Crippen molar-refractivity contribution in [2.75, 3.05) is 6.61 Å². The largest absolute Gasteiger partial charge is 0.618 e. The number of nitrogens with zero attached hydrogens (tertiary/aromatic N) is 1. The fraction of sp³-hybridized carbons (Fsp3) is 0.455. The molecule has 82 valence electrons. The second-order valence-corrected chi connectivity index (χ2v) is 3.83. The van der Waals surface area contributed by atoms with Crippen LogP contribution >= 0.6 is 0 Å². The van der Waals surface area contributed by atoms with E-state index in [1.54, 1.807) is 12.1 Å². The van der Waals surface area contributed by atoms with E-state index in [9.17, 15) is 5.21 Å². The molecule has 0 saturated heterocycles. The normalized spacial score (nSPS) is 10.7. The molecule has 0 radical (unpaired) electrons. The third-order valence-corrected chi connectivity index (χ3v) is 2.23. The van der Waals surface area contributed by atoms with Crippen LogP contribution in [-0.4, -0.2) is 17.4 Å². The van der Waals surface area contributed by atoms with Gasteiger partial charge >= 0.3 is 0 Å². The van der Waals surface area contributed by atoms with Gasteiger partial charge in [0.25, 0.3) is 0 Å². The van der Waals surface area contributed by atoms with Crippen molar-refractivity contribution in [3.8, 4) is 0 Å². The monoisotopic (exact) mass is 208 g/mol. The van der Waals surface area contributed by atoms with E-state index in [2.05, 4.69) is 0 Å². The maximum absolute atomic E-state index is 11.8. The smallest absolute Gasteiger partial charge is 0.198 e. The van der Waals surface area contributed by atoms with Crippen molar-refractivity contribution in [3.05, 3.63) is 34.8 Å². The van der Waals surface area contributed by atoms with Crippen molar-refractivity contribution in [1.29, 1.82) is 5.41 Å². The first kappa shape index (κ1) is 11.7. The van der Waals surface area contributed by atoms with Crippen molar-refractivity contribution in [2.24, 2.45) is 0 Å². The van der Waals surface area contributed by atoms with Gasteiger partial charge in [-0.15, -0.1) is 0 Å². The van der Waals surface area contributed by atoms with Crippen LogP contribution in [-0.2, 0) is 6.42 Å². The summed E-state index contributed by atoms with van der Waals surface area (Å²) >= 11 is 0. The lowest BCUT2D eigenvalue weighted by Gasteiger charge is -2.11. The van der Waals surface area contributed by atoms with Crippen LogP contribution in [0.2, 0.25) is 0 Å². The first-order chi connectivity index (χ1) is 7.06. The fourth-order valence-electron chi connectivity index (χ4n) is 1.39. The van der Waals surface area contributed by atoms with Gasteiger partial charge in [-0.05, 0) is 6.07 Å². The molecular weight excluding hydrogens is 192 g/mol. The Morgan fingerprint density at radius 2 is 2.20 bits per heavy atom. The summed E-state index contributed by atoms with van der Waals surface area (Å²) in [5.41, 5.74) is 1.36. The molecule has 0 atom stereocenters. The molecule has 0 saturated carbocycles. The van der Waals surface area contributed by atoms with E-state index >= 15 is 0 Å². The fourth-order valence-corrected chi connectivity index (χ4v) is 1.39. The SMILES string of the molecule is CC(C)c1cccc(CC(=N)CO)[n+]1[O-]. The van der Waals surface area contributed by atoms with E-state index in [1.807, 2.05) is 19.9 Å². The minimum Gasteiger partial charge on any atom is -0.618 e. The molecule has 0 aliphatic carbocycles. The minimum atomic E-state index is -0.300. The number of nitrogens with one attached hydrogen (secondary N) is 1. The van der Waals surface area contributed by atoms with Gasteiger partial charge in [0.1, 0.15) is 0 Å². The lowest BCUT2D eigenvalue weighted by atomic mass is 10.1. The Morgan fingerprint density at radius 1 is 1.53 bits per heavy atom. The highest BCUT2D eigenvalue weighted by Gasteiger charge is 2.14. The Kier molecular flexibility index (Phi) is 3.80. The second kappa shape index (κ2) is 4.89. The molecule has 15 heavy (non-hydrogen) atoms. The molecule has 4 nitrogen and oxygen atoms in total. The maximum atomic E-state index is 11.8. The molecule has 0 unspecified atom stereocenters. The summed E-state index contributed by atoms with van der Waals surface area (Å²) in [5, 5.41) is 27.9. The van der Waals surface area contributed by atoms with E-state index in [0.717, 1.165) is 4.73 Å². The first-order valence-corrected chi connectivity index (χ1v) is 4.94. The van der Waals surface area contributed by atoms with Gasteiger partial charge in [-0.3, -0.25) is 0 Å². The molecule has 0 aliphatic heterocycles. The van der Waals surface area contributed by atoms with Crippen LogP contribution in [0.1, 0.15) is 31.2 Å². The molecule has 1 rings (SSSR count). The Balaban J connectivity index is 2.99. The summed E-state index contributed by atoms with van der Waals surface area (Å²) in [6.07, 6.45) is 0.209. The van der Waals surface area contributed by atoms with Gasteiger partial charge in [-0.25, -0.2) is 0 Å². The third-order valence-electron chi connectivity index (χ3n) is 2.23. The highest BCUT2D eigenvalue weighted by Crippen LogP contribution is 2.09. The highest BCUT2D eigenvalue weighted by atomic mass is 16.5. The van der Waals surface area contributed by atoms with Crippen molar-refractivity contribution in [1.82, 2.24) is 0 Å². The number of aliphatic hydroxyl groups is 1. The van der Waals surface area contributed by atoms with Gasteiger partial charge in [-0.2, -0.15) is 4.73 Å². The molecular formula is C11H16N2O2. The van der Waals surface area contributed by atoms with E-state index in [0.29, 0.717) is 11.4 Å². The highest BCUT2D eigenvalue weighted by molar-refractivity contribution is 5.83. The number of hydrogen-bond acceptors (Lipinski definition) is 3. The number of aromatic nitrogens is 1. The lowest BCUT2D eigenvalue weighted by molar-refractivity contribution is -0.622. The van der Waals surface area contributed by atoms with Crippen LogP contribution in [0.5, 0.6) is 0 Å². The zero-order chi connectivity index (χ0) is 11.4. The summed E-state index contributed by atoms with van der Waals surface area (Å²) in [6.45, 7) is 3.60. The van der Waals surface area contributed by atoms with E-state index in [4.69, 9.17) is 10.5 Å². The van der Waals surface area contributed by atoms with Crippen molar-refractivity contribution in [2.45, 2.75) is 26.2 Å². The Labute approximate surface area is 89.3 Å². The van der Waals surface area contributed by atoms with Gasteiger partial charge in [0.05, 0.1) is 13.0 Å². The Bertz CT molecular complexity index is 362. The van der Waals surface area contributed by atoms with Crippen molar-refractivity contribution in [3.63, 3.8) is 0 Å². The Hall–Kier alpha value is -1.42. The molecule has 0 aliphatic rings. The Morgan fingerprint density at radius 3 is 2.73 bits per heavy atom. The van der Waals surface area contributed by atoms with Gasteiger partial charge in [0.15, 0.2) is 11.4 Å². The molecule has 0 aromatic carbocycles. The molecule has 0 amide bonds.